The fraction of sp³-hybridized carbons (Fsp3) is 0.222. The van der Waals surface area contributed by atoms with Gasteiger partial charge in [0, 0.05) is 17.8 Å². The minimum Gasteiger partial charge on any atom is -0.503 e. The smallest absolute Gasteiger partial charge is 0.274 e. The van der Waals surface area contributed by atoms with E-state index in [1.54, 1.807) is 6.92 Å². The van der Waals surface area contributed by atoms with Crippen LogP contribution in [-0.2, 0) is 0 Å². The average molecular weight is 388 g/mol. The fourth-order valence-corrected chi connectivity index (χ4v) is 2.42. The van der Waals surface area contributed by atoms with Gasteiger partial charge in [-0.25, -0.2) is 9.37 Å². The number of aromatic nitrogens is 3. The molecule has 0 bridgehead atoms. The van der Waals surface area contributed by atoms with Gasteiger partial charge < -0.3 is 24.4 Å². The highest BCUT2D eigenvalue weighted by molar-refractivity contribution is 5.95. The van der Waals surface area contributed by atoms with Crippen LogP contribution in [0, 0.1) is 5.82 Å². The zero-order valence-electron chi connectivity index (χ0n) is 15.3. The Morgan fingerprint density at radius 2 is 2.00 bits per heavy atom. The summed E-state index contributed by atoms with van der Waals surface area (Å²) in [4.78, 5) is 20.4. The number of methoxy groups -OCH3 is 2. The lowest BCUT2D eigenvalue weighted by molar-refractivity contribution is 0.0929. The second kappa shape index (κ2) is 7.91. The topological polar surface area (TPSA) is 120 Å². The van der Waals surface area contributed by atoms with Crippen molar-refractivity contribution in [1.82, 2.24) is 20.4 Å². The molecule has 0 aliphatic carbocycles. The first kappa shape index (κ1) is 19.1. The first-order valence-electron chi connectivity index (χ1n) is 8.15. The molecule has 0 saturated heterocycles. The number of carbonyl (C=O) groups is 1. The van der Waals surface area contributed by atoms with Crippen LogP contribution in [0.15, 0.2) is 35.0 Å². The molecule has 2 heterocycles. The largest absolute Gasteiger partial charge is 0.503 e. The van der Waals surface area contributed by atoms with Crippen LogP contribution in [0.25, 0.3) is 11.5 Å². The van der Waals surface area contributed by atoms with Crippen LogP contribution in [0.5, 0.6) is 17.2 Å². The number of rotatable bonds is 6. The van der Waals surface area contributed by atoms with E-state index in [1.807, 2.05) is 0 Å². The molecule has 2 N–H and O–H groups in total. The first-order chi connectivity index (χ1) is 13.4. The molecule has 1 atom stereocenters. The Hall–Kier alpha value is -3.69. The Morgan fingerprint density at radius 3 is 2.71 bits per heavy atom. The van der Waals surface area contributed by atoms with Crippen LogP contribution in [0.3, 0.4) is 0 Å². The number of hydrogen-bond donors (Lipinski definition) is 2. The van der Waals surface area contributed by atoms with Gasteiger partial charge in [0.2, 0.25) is 0 Å². The molecule has 3 aromatic rings. The van der Waals surface area contributed by atoms with Gasteiger partial charge in [-0.15, -0.1) is 0 Å². The molecule has 9 nitrogen and oxygen atoms in total. The van der Waals surface area contributed by atoms with E-state index in [-0.39, 0.29) is 34.7 Å². The Labute approximate surface area is 159 Å². The van der Waals surface area contributed by atoms with Gasteiger partial charge >= 0.3 is 0 Å². The third-order valence-corrected chi connectivity index (χ3v) is 3.90. The molecule has 1 aromatic carbocycles. The van der Waals surface area contributed by atoms with Gasteiger partial charge in [0.15, 0.2) is 34.6 Å². The van der Waals surface area contributed by atoms with Crippen molar-refractivity contribution in [1.29, 1.82) is 0 Å². The third kappa shape index (κ3) is 3.70. The predicted molar refractivity (Wildman–Crippen MR) is 94.6 cm³/mol. The van der Waals surface area contributed by atoms with Crippen LogP contribution in [-0.4, -0.2) is 40.4 Å². The summed E-state index contributed by atoms with van der Waals surface area (Å²) in [6.07, 6.45) is 1.34. The minimum absolute atomic E-state index is 0.0400. The first-order valence-corrected chi connectivity index (χ1v) is 8.15. The second-order valence-electron chi connectivity index (χ2n) is 5.71. The van der Waals surface area contributed by atoms with E-state index in [0.717, 1.165) is 0 Å². The number of nitrogens with zero attached hydrogens (tertiary/aromatic N) is 3. The Morgan fingerprint density at radius 1 is 1.25 bits per heavy atom. The van der Waals surface area contributed by atoms with Crippen LogP contribution in [0.4, 0.5) is 4.39 Å². The van der Waals surface area contributed by atoms with Gasteiger partial charge in [0.05, 0.1) is 20.3 Å². The van der Waals surface area contributed by atoms with E-state index < -0.39 is 17.8 Å². The second-order valence-corrected chi connectivity index (χ2v) is 5.71. The summed E-state index contributed by atoms with van der Waals surface area (Å²) in [6, 6.07) is 4.89. The molecule has 0 saturated carbocycles. The zero-order valence-corrected chi connectivity index (χ0v) is 15.3. The maximum atomic E-state index is 13.5. The zero-order chi connectivity index (χ0) is 20.3. The van der Waals surface area contributed by atoms with Gasteiger partial charge in [0.25, 0.3) is 11.8 Å². The van der Waals surface area contributed by atoms with E-state index in [4.69, 9.17) is 14.0 Å². The van der Waals surface area contributed by atoms with Crippen molar-refractivity contribution in [2.75, 3.05) is 14.2 Å². The average Bonchev–Trinajstić information content (AvgIpc) is 3.18. The van der Waals surface area contributed by atoms with Crippen molar-refractivity contribution in [3.8, 4) is 28.7 Å². The number of pyridine rings is 1. The number of carbonyl (C=O) groups excluding carboxylic acids is 1. The number of benzene rings is 1. The van der Waals surface area contributed by atoms with E-state index in [1.165, 1.54) is 44.7 Å². The van der Waals surface area contributed by atoms with E-state index in [9.17, 15) is 14.3 Å². The fourth-order valence-electron chi connectivity index (χ4n) is 2.42. The SMILES string of the molecule is COc1cc(-c2nc([C@H](C)NC(=O)c3nccc(OC)c3O)no2)ccc1F. The molecule has 0 aliphatic heterocycles. The molecular formula is C18H17FN4O5. The maximum absolute atomic E-state index is 13.5. The minimum atomic E-state index is -0.653. The summed E-state index contributed by atoms with van der Waals surface area (Å²) < 4.78 is 28.6. The molecule has 3 rings (SSSR count). The molecule has 0 unspecified atom stereocenters. The van der Waals surface area contributed by atoms with Gasteiger partial charge in [-0.05, 0) is 25.1 Å². The molecule has 0 spiro atoms. The molecular weight excluding hydrogens is 371 g/mol. The van der Waals surface area contributed by atoms with Crippen molar-refractivity contribution in [3.63, 3.8) is 0 Å². The summed E-state index contributed by atoms with van der Waals surface area (Å²) in [5, 5.41) is 16.5. The van der Waals surface area contributed by atoms with Crippen LogP contribution in [0.2, 0.25) is 0 Å². The highest BCUT2D eigenvalue weighted by Crippen LogP contribution is 2.28. The van der Waals surface area contributed by atoms with Gasteiger partial charge in [-0.1, -0.05) is 5.16 Å². The molecule has 146 valence electrons. The van der Waals surface area contributed by atoms with Crippen LogP contribution < -0.4 is 14.8 Å². The highest BCUT2D eigenvalue weighted by atomic mass is 19.1. The number of hydrogen-bond acceptors (Lipinski definition) is 8. The Kier molecular flexibility index (Phi) is 5.39. The summed E-state index contributed by atoms with van der Waals surface area (Å²) in [7, 11) is 2.71. The van der Waals surface area contributed by atoms with E-state index >= 15 is 0 Å². The summed E-state index contributed by atoms with van der Waals surface area (Å²) in [5.74, 6) is -1.04. The molecule has 0 fully saturated rings. The van der Waals surface area contributed by atoms with E-state index in [0.29, 0.717) is 5.56 Å². The molecule has 10 heteroatoms. The van der Waals surface area contributed by atoms with Crippen molar-refractivity contribution >= 4 is 5.91 Å². The molecule has 0 radical (unpaired) electrons. The maximum Gasteiger partial charge on any atom is 0.274 e. The third-order valence-electron chi connectivity index (χ3n) is 3.90. The number of aromatic hydroxyl groups is 1. The quantitative estimate of drug-likeness (QED) is 0.661. The van der Waals surface area contributed by atoms with Crippen LogP contribution in [0.1, 0.15) is 29.3 Å². The Bertz CT molecular complexity index is 1010. The van der Waals surface area contributed by atoms with Crippen LogP contribution >= 0.6 is 0 Å². The van der Waals surface area contributed by atoms with Crippen molar-refractivity contribution < 1.29 is 28.3 Å². The van der Waals surface area contributed by atoms with E-state index in [2.05, 4.69) is 20.4 Å². The predicted octanol–water partition coefficient (Wildman–Crippen LogP) is 2.48. The number of nitrogens with one attached hydrogen (secondary N) is 1. The van der Waals surface area contributed by atoms with Gasteiger partial charge in [-0.3, -0.25) is 4.79 Å². The molecule has 28 heavy (non-hydrogen) atoms. The highest BCUT2D eigenvalue weighted by Gasteiger charge is 2.22. The number of amides is 1. The van der Waals surface area contributed by atoms with Gasteiger partial charge in [-0.2, -0.15) is 4.98 Å². The monoisotopic (exact) mass is 388 g/mol. The lowest BCUT2D eigenvalue weighted by atomic mass is 10.2. The van der Waals surface area contributed by atoms with Crippen molar-refractivity contribution in [3.05, 3.63) is 47.8 Å². The number of ether oxygens (including phenoxy) is 2. The Balaban J connectivity index is 1.77. The summed E-state index contributed by atoms with van der Waals surface area (Å²) >= 11 is 0. The lowest BCUT2D eigenvalue weighted by Crippen LogP contribution is -2.28. The van der Waals surface area contributed by atoms with Crippen molar-refractivity contribution in [2.45, 2.75) is 13.0 Å². The normalized spacial score (nSPS) is 11.7. The number of halogens is 1. The van der Waals surface area contributed by atoms with Crippen molar-refractivity contribution in [2.24, 2.45) is 0 Å². The molecule has 1 amide bonds. The summed E-state index contributed by atoms with van der Waals surface area (Å²) in [5.41, 5.74) is 0.265. The molecule has 0 aliphatic rings. The lowest BCUT2D eigenvalue weighted by Gasteiger charge is -2.11. The summed E-state index contributed by atoms with van der Waals surface area (Å²) in [6.45, 7) is 1.63. The van der Waals surface area contributed by atoms with Gasteiger partial charge in [0.1, 0.15) is 0 Å². The molecule has 2 aromatic heterocycles. The standard InChI is InChI=1S/C18H17FN4O5/c1-9(21-17(25)14-15(24)12(26-2)6-7-20-14)16-22-18(28-23-16)10-4-5-11(19)13(8-10)27-3/h4-9,24H,1-3H3,(H,21,25)/t9-/m0/s1.